The number of hydrogen-bond donors (Lipinski definition) is 0. The van der Waals surface area contributed by atoms with Gasteiger partial charge in [0.05, 0.1) is 11.1 Å². The monoisotopic (exact) mass is 323 g/mol. The Hall–Kier alpha value is -2.32. The minimum Gasteiger partial charge on any atom is -0.284 e. The number of aromatic nitrogens is 1. The summed E-state index contributed by atoms with van der Waals surface area (Å²) in [5.74, 6) is -4.66. The van der Waals surface area contributed by atoms with Crippen LogP contribution in [0, 0.1) is 6.92 Å². The lowest BCUT2D eigenvalue weighted by atomic mass is 10.1. The summed E-state index contributed by atoms with van der Waals surface area (Å²) in [5, 5.41) is -0.361. The van der Waals surface area contributed by atoms with Crippen molar-refractivity contribution in [3.05, 3.63) is 35.5 Å². The maximum atomic E-state index is 12.6. The highest BCUT2D eigenvalue weighted by atomic mass is 19.4. The number of para-hydroxylation sites is 1. The Balaban J connectivity index is 2.84. The summed E-state index contributed by atoms with van der Waals surface area (Å²) < 4.78 is 75.8. The van der Waals surface area contributed by atoms with Crippen LogP contribution in [0.3, 0.4) is 0 Å². The van der Waals surface area contributed by atoms with E-state index < -0.39 is 40.8 Å². The largest absolute Gasteiger partial charge is 0.472 e. The molecule has 0 atom stereocenters. The van der Waals surface area contributed by atoms with Gasteiger partial charge in [-0.2, -0.15) is 26.3 Å². The van der Waals surface area contributed by atoms with Gasteiger partial charge in [-0.3, -0.25) is 14.2 Å². The number of nitrogens with zero attached hydrogens (tertiary/aromatic N) is 1. The van der Waals surface area contributed by atoms with Crippen molar-refractivity contribution in [1.82, 2.24) is 4.57 Å². The van der Waals surface area contributed by atoms with E-state index in [1.807, 2.05) is 0 Å². The van der Waals surface area contributed by atoms with Gasteiger partial charge < -0.3 is 0 Å². The number of carbonyl (C=O) groups excluding carboxylic acids is 2. The highest BCUT2D eigenvalue weighted by Crippen LogP contribution is 2.33. The first kappa shape index (κ1) is 16.1. The minimum absolute atomic E-state index is 0.0777. The second kappa shape index (κ2) is 4.85. The molecule has 1 aromatic carbocycles. The molecular weight excluding hydrogens is 316 g/mol. The first-order valence-corrected chi connectivity index (χ1v) is 5.79. The Morgan fingerprint density at radius 2 is 1.50 bits per heavy atom. The summed E-state index contributed by atoms with van der Waals surface area (Å²) in [6.07, 6.45) is -10.5. The van der Waals surface area contributed by atoms with Gasteiger partial charge in [-0.15, -0.1) is 0 Å². The van der Waals surface area contributed by atoms with Crippen LogP contribution in [0.2, 0.25) is 0 Å². The SMILES string of the molecule is Cc1c(C(=O)C(F)(F)F)c2ccccc2n1C(=O)C(F)(F)F. The van der Waals surface area contributed by atoms with Crippen molar-refractivity contribution in [3.63, 3.8) is 0 Å². The molecular formula is C13H7F6NO2. The van der Waals surface area contributed by atoms with E-state index in [1.165, 1.54) is 12.1 Å². The molecule has 0 amide bonds. The zero-order chi connectivity index (χ0) is 16.9. The Labute approximate surface area is 119 Å². The van der Waals surface area contributed by atoms with Crippen molar-refractivity contribution in [1.29, 1.82) is 0 Å². The molecule has 0 aliphatic heterocycles. The normalized spacial score (nSPS) is 12.7. The van der Waals surface area contributed by atoms with E-state index in [4.69, 9.17) is 0 Å². The quantitative estimate of drug-likeness (QED) is 0.590. The van der Waals surface area contributed by atoms with E-state index in [0.717, 1.165) is 19.1 Å². The third-order valence-corrected chi connectivity index (χ3v) is 3.04. The molecule has 9 heteroatoms. The number of benzene rings is 1. The lowest BCUT2D eigenvalue weighted by Crippen LogP contribution is -2.30. The molecule has 118 valence electrons. The third kappa shape index (κ3) is 2.46. The van der Waals surface area contributed by atoms with Crippen LogP contribution in [0.25, 0.3) is 10.9 Å². The number of Topliss-reactive ketones (excluding diaryl/α,β-unsaturated/α-hetero) is 1. The fourth-order valence-corrected chi connectivity index (χ4v) is 2.18. The van der Waals surface area contributed by atoms with Crippen molar-refractivity contribution < 1.29 is 35.9 Å². The lowest BCUT2D eigenvalue weighted by molar-refractivity contribution is -0.0944. The molecule has 0 unspecified atom stereocenters. The molecule has 0 aliphatic rings. The van der Waals surface area contributed by atoms with Crippen LogP contribution in [0.1, 0.15) is 20.8 Å². The van der Waals surface area contributed by atoms with Crippen LogP contribution in [-0.2, 0) is 0 Å². The van der Waals surface area contributed by atoms with Gasteiger partial charge in [0.15, 0.2) is 0 Å². The molecule has 0 fully saturated rings. The Morgan fingerprint density at radius 1 is 0.955 bits per heavy atom. The zero-order valence-electron chi connectivity index (χ0n) is 10.8. The van der Waals surface area contributed by atoms with Crippen LogP contribution in [-0.4, -0.2) is 28.6 Å². The van der Waals surface area contributed by atoms with E-state index >= 15 is 0 Å². The number of rotatable bonds is 1. The fraction of sp³-hybridized carbons (Fsp3) is 0.231. The summed E-state index contributed by atoms with van der Waals surface area (Å²) in [4.78, 5) is 22.9. The number of fused-ring (bicyclic) bond motifs is 1. The molecule has 0 saturated heterocycles. The minimum atomic E-state index is -5.29. The molecule has 0 aliphatic carbocycles. The second-order valence-corrected chi connectivity index (χ2v) is 4.44. The molecule has 0 N–H and O–H groups in total. The molecule has 0 saturated carbocycles. The van der Waals surface area contributed by atoms with E-state index in [-0.39, 0.29) is 9.95 Å². The highest BCUT2D eigenvalue weighted by Gasteiger charge is 2.45. The van der Waals surface area contributed by atoms with E-state index in [1.54, 1.807) is 0 Å². The maximum absolute atomic E-state index is 12.6. The first-order valence-electron chi connectivity index (χ1n) is 5.79. The summed E-state index contributed by atoms with van der Waals surface area (Å²) in [6, 6.07) is 4.61. The van der Waals surface area contributed by atoms with Gasteiger partial charge in [0.25, 0.3) is 5.78 Å². The van der Waals surface area contributed by atoms with Gasteiger partial charge in [0, 0.05) is 11.1 Å². The highest BCUT2D eigenvalue weighted by molar-refractivity contribution is 6.14. The van der Waals surface area contributed by atoms with Crippen LogP contribution in [0.15, 0.2) is 24.3 Å². The molecule has 2 aromatic rings. The van der Waals surface area contributed by atoms with Gasteiger partial charge in [-0.25, -0.2) is 0 Å². The average Bonchev–Trinajstić information content (AvgIpc) is 2.66. The predicted octanol–water partition coefficient (Wildman–Crippen LogP) is 3.90. The Kier molecular flexibility index (Phi) is 3.54. The number of alkyl halides is 6. The van der Waals surface area contributed by atoms with Crippen molar-refractivity contribution in [2.75, 3.05) is 0 Å². The zero-order valence-corrected chi connectivity index (χ0v) is 10.8. The Morgan fingerprint density at radius 3 is 2.00 bits per heavy atom. The van der Waals surface area contributed by atoms with Crippen molar-refractivity contribution in [3.8, 4) is 0 Å². The summed E-state index contributed by atoms with van der Waals surface area (Å²) in [7, 11) is 0. The smallest absolute Gasteiger partial charge is 0.284 e. The van der Waals surface area contributed by atoms with Crippen molar-refractivity contribution in [2.24, 2.45) is 0 Å². The number of hydrogen-bond acceptors (Lipinski definition) is 2. The van der Waals surface area contributed by atoms with Crippen molar-refractivity contribution >= 4 is 22.6 Å². The molecule has 1 heterocycles. The standard InChI is InChI=1S/C13H7F6NO2/c1-6-9(10(21)12(14,15)16)7-4-2-3-5-8(7)20(6)11(22)13(17,18)19/h2-5H,1H3. The molecule has 0 spiro atoms. The molecule has 0 bridgehead atoms. The number of ketones is 1. The van der Waals surface area contributed by atoms with E-state index in [2.05, 4.69) is 0 Å². The Bertz CT molecular complexity index is 706. The lowest BCUT2D eigenvalue weighted by Gasteiger charge is -2.10. The molecule has 22 heavy (non-hydrogen) atoms. The number of halogens is 6. The number of carbonyl (C=O) groups is 2. The summed E-state index contributed by atoms with van der Waals surface area (Å²) >= 11 is 0. The van der Waals surface area contributed by atoms with Gasteiger partial charge in [0.2, 0.25) is 0 Å². The van der Waals surface area contributed by atoms with Crippen LogP contribution >= 0.6 is 0 Å². The van der Waals surface area contributed by atoms with E-state index in [9.17, 15) is 35.9 Å². The van der Waals surface area contributed by atoms with Crippen molar-refractivity contribution in [2.45, 2.75) is 19.3 Å². The third-order valence-electron chi connectivity index (χ3n) is 3.04. The topological polar surface area (TPSA) is 39.1 Å². The molecule has 1 aromatic heterocycles. The summed E-state index contributed by atoms with van der Waals surface area (Å²) in [5.41, 5.74) is -2.07. The molecule has 3 nitrogen and oxygen atoms in total. The average molecular weight is 323 g/mol. The first-order chi connectivity index (χ1) is 9.96. The van der Waals surface area contributed by atoms with Gasteiger partial charge in [-0.05, 0) is 13.0 Å². The van der Waals surface area contributed by atoms with Gasteiger partial charge >= 0.3 is 18.3 Å². The van der Waals surface area contributed by atoms with E-state index in [0.29, 0.717) is 0 Å². The molecule has 2 rings (SSSR count). The summed E-state index contributed by atoms with van der Waals surface area (Å²) in [6.45, 7) is 0.864. The van der Waals surface area contributed by atoms with Crippen LogP contribution < -0.4 is 0 Å². The predicted molar refractivity (Wildman–Crippen MR) is 63.7 cm³/mol. The van der Waals surface area contributed by atoms with Gasteiger partial charge in [0.1, 0.15) is 0 Å². The van der Waals surface area contributed by atoms with Gasteiger partial charge in [-0.1, -0.05) is 18.2 Å². The van der Waals surface area contributed by atoms with Crippen LogP contribution in [0.5, 0.6) is 0 Å². The fourth-order valence-electron chi connectivity index (χ4n) is 2.18. The van der Waals surface area contributed by atoms with Crippen LogP contribution in [0.4, 0.5) is 26.3 Å². The second-order valence-electron chi connectivity index (χ2n) is 4.44. The molecule has 0 radical (unpaired) electrons. The maximum Gasteiger partial charge on any atom is 0.472 e.